The van der Waals surface area contributed by atoms with Gasteiger partial charge in [0.2, 0.25) is 5.91 Å². The first-order valence-electron chi connectivity index (χ1n) is 7.31. The van der Waals surface area contributed by atoms with Crippen molar-refractivity contribution >= 4 is 23.4 Å². The van der Waals surface area contributed by atoms with Crippen LogP contribution in [0.1, 0.15) is 24.1 Å². The molecule has 7 heteroatoms. The van der Waals surface area contributed by atoms with E-state index in [0.717, 1.165) is 11.1 Å². The summed E-state index contributed by atoms with van der Waals surface area (Å²) in [5, 5.41) is 13.4. The van der Waals surface area contributed by atoms with E-state index in [2.05, 4.69) is 5.32 Å². The lowest BCUT2D eigenvalue weighted by Crippen LogP contribution is -2.28. The summed E-state index contributed by atoms with van der Waals surface area (Å²) >= 11 is 1.43. The Kier molecular flexibility index (Phi) is 6.31. The number of hydrogen-bond acceptors (Lipinski definition) is 4. The smallest absolute Gasteiger partial charge is 0.269 e. The number of benzene rings is 2. The third kappa shape index (κ3) is 5.34. The van der Waals surface area contributed by atoms with Gasteiger partial charge in [0.1, 0.15) is 5.82 Å². The summed E-state index contributed by atoms with van der Waals surface area (Å²) in [4.78, 5) is 22.1. The number of nitro benzene ring substituents is 1. The molecule has 0 aliphatic heterocycles. The second-order valence-electron chi connectivity index (χ2n) is 5.26. The molecule has 0 spiro atoms. The fourth-order valence-corrected chi connectivity index (χ4v) is 2.89. The van der Waals surface area contributed by atoms with Crippen molar-refractivity contribution in [2.75, 3.05) is 5.75 Å². The van der Waals surface area contributed by atoms with E-state index < -0.39 is 4.92 Å². The molecule has 0 unspecified atom stereocenters. The van der Waals surface area contributed by atoms with Crippen LogP contribution in [0.3, 0.4) is 0 Å². The van der Waals surface area contributed by atoms with Gasteiger partial charge in [-0.3, -0.25) is 14.9 Å². The lowest BCUT2D eigenvalue weighted by molar-refractivity contribution is -0.384. The Morgan fingerprint density at radius 2 is 1.83 bits per heavy atom. The highest BCUT2D eigenvalue weighted by atomic mass is 32.2. The third-order valence-electron chi connectivity index (χ3n) is 3.40. The number of nitrogens with one attached hydrogen (secondary N) is 1. The van der Waals surface area contributed by atoms with Crippen LogP contribution in [0.15, 0.2) is 48.5 Å². The highest BCUT2D eigenvalue weighted by molar-refractivity contribution is 7.99. The fourth-order valence-electron chi connectivity index (χ4n) is 2.09. The second kappa shape index (κ2) is 8.44. The van der Waals surface area contributed by atoms with E-state index in [1.54, 1.807) is 24.3 Å². The largest absolute Gasteiger partial charge is 0.349 e. The van der Waals surface area contributed by atoms with Crippen LogP contribution in [0.4, 0.5) is 10.1 Å². The van der Waals surface area contributed by atoms with Crippen LogP contribution in [0.2, 0.25) is 0 Å². The van der Waals surface area contributed by atoms with Gasteiger partial charge >= 0.3 is 0 Å². The predicted molar refractivity (Wildman–Crippen MR) is 92.2 cm³/mol. The SMILES string of the molecule is C[C@H](NC(=O)CSCc1ccc([N+](=O)[O-])cc1)c1ccc(F)cc1. The van der Waals surface area contributed by atoms with E-state index in [9.17, 15) is 19.3 Å². The Morgan fingerprint density at radius 3 is 2.42 bits per heavy atom. The average molecular weight is 348 g/mol. The normalized spacial score (nSPS) is 11.8. The minimum Gasteiger partial charge on any atom is -0.349 e. The van der Waals surface area contributed by atoms with Crippen LogP contribution in [-0.4, -0.2) is 16.6 Å². The molecule has 0 saturated heterocycles. The van der Waals surface area contributed by atoms with E-state index in [1.807, 2.05) is 6.92 Å². The van der Waals surface area contributed by atoms with Gasteiger partial charge in [0.25, 0.3) is 5.69 Å². The summed E-state index contributed by atoms with van der Waals surface area (Å²) in [5.74, 6) is 0.452. The van der Waals surface area contributed by atoms with Gasteiger partial charge in [-0.2, -0.15) is 0 Å². The molecule has 0 bridgehead atoms. The Labute approximate surface area is 143 Å². The molecule has 24 heavy (non-hydrogen) atoms. The predicted octanol–water partition coefficient (Wildman–Crippen LogP) is 3.84. The first-order valence-corrected chi connectivity index (χ1v) is 8.47. The van der Waals surface area contributed by atoms with Crippen LogP contribution < -0.4 is 5.32 Å². The van der Waals surface area contributed by atoms with Crippen molar-refractivity contribution in [2.45, 2.75) is 18.7 Å². The second-order valence-corrected chi connectivity index (χ2v) is 6.24. The number of carbonyl (C=O) groups is 1. The van der Waals surface area contributed by atoms with E-state index in [-0.39, 0.29) is 29.2 Å². The Morgan fingerprint density at radius 1 is 1.21 bits per heavy atom. The molecule has 0 saturated carbocycles. The molecule has 1 N–H and O–H groups in total. The van der Waals surface area contributed by atoms with Crippen molar-refractivity contribution in [2.24, 2.45) is 0 Å². The summed E-state index contributed by atoms with van der Waals surface area (Å²) in [6.07, 6.45) is 0. The number of rotatable bonds is 7. The van der Waals surface area contributed by atoms with Crippen molar-refractivity contribution in [3.8, 4) is 0 Å². The van der Waals surface area contributed by atoms with Crippen LogP contribution in [-0.2, 0) is 10.5 Å². The molecule has 1 atom stereocenters. The summed E-state index contributed by atoms with van der Waals surface area (Å²) < 4.78 is 12.9. The molecule has 2 aromatic carbocycles. The Hall–Kier alpha value is -2.41. The lowest BCUT2D eigenvalue weighted by Gasteiger charge is -2.14. The monoisotopic (exact) mass is 348 g/mol. The van der Waals surface area contributed by atoms with Crippen molar-refractivity contribution in [1.82, 2.24) is 5.32 Å². The maximum atomic E-state index is 12.9. The van der Waals surface area contributed by atoms with E-state index in [1.165, 1.54) is 36.0 Å². The molecule has 0 aromatic heterocycles. The summed E-state index contributed by atoms with van der Waals surface area (Å²) in [5.41, 5.74) is 1.81. The van der Waals surface area contributed by atoms with Gasteiger partial charge in [-0.15, -0.1) is 11.8 Å². The molecular weight excluding hydrogens is 331 g/mol. The minimum atomic E-state index is -0.443. The minimum absolute atomic E-state index is 0.0506. The summed E-state index contributed by atoms with van der Waals surface area (Å²) in [7, 11) is 0. The molecule has 2 rings (SSSR count). The molecule has 0 radical (unpaired) electrons. The number of nitro groups is 1. The molecular formula is C17H17FN2O3S. The van der Waals surface area contributed by atoms with Crippen molar-refractivity contribution in [3.05, 3.63) is 75.6 Å². The maximum Gasteiger partial charge on any atom is 0.269 e. The van der Waals surface area contributed by atoms with Gasteiger partial charge in [0.05, 0.1) is 16.7 Å². The molecule has 0 heterocycles. The van der Waals surface area contributed by atoms with E-state index in [0.29, 0.717) is 5.75 Å². The van der Waals surface area contributed by atoms with Gasteiger partial charge in [-0.1, -0.05) is 24.3 Å². The number of thioether (sulfide) groups is 1. The maximum absolute atomic E-state index is 12.9. The summed E-state index contributed by atoms with van der Waals surface area (Å²) in [6.45, 7) is 1.84. The van der Waals surface area contributed by atoms with Gasteiger partial charge in [0.15, 0.2) is 0 Å². The number of amides is 1. The molecule has 0 fully saturated rings. The van der Waals surface area contributed by atoms with Crippen LogP contribution in [0.5, 0.6) is 0 Å². The zero-order valence-corrected chi connectivity index (χ0v) is 13.9. The molecule has 5 nitrogen and oxygen atoms in total. The quantitative estimate of drug-likeness (QED) is 0.609. The average Bonchev–Trinajstić information content (AvgIpc) is 2.55. The summed E-state index contributed by atoms with van der Waals surface area (Å²) in [6, 6.07) is 12.1. The van der Waals surface area contributed by atoms with Gasteiger partial charge < -0.3 is 5.32 Å². The van der Waals surface area contributed by atoms with Crippen LogP contribution in [0.25, 0.3) is 0 Å². The highest BCUT2D eigenvalue weighted by Crippen LogP contribution is 2.17. The molecule has 1 amide bonds. The van der Waals surface area contributed by atoms with E-state index >= 15 is 0 Å². The van der Waals surface area contributed by atoms with Gasteiger partial charge in [-0.25, -0.2) is 4.39 Å². The molecule has 126 valence electrons. The number of carbonyl (C=O) groups excluding carboxylic acids is 1. The molecule has 0 aliphatic rings. The fraction of sp³-hybridized carbons (Fsp3) is 0.235. The Bertz CT molecular complexity index is 705. The topological polar surface area (TPSA) is 72.2 Å². The number of non-ortho nitro benzene ring substituents is 1. The third-order valence-corrected chi connectivity index (χ3v) is 4.40. The number of hydrogen-bond donors (Lipinski definition) is 1. The molecule has 2 aromatic rings. The van der Waals surface area contributed by atoms with Crippen molar-refractivity contribution < 1.29 is 14.1 Å². The zero-order chi connectivity index (χ0) is 17.5. The Balaban J connectivity index is 1.76. The van der Waals surface area contributed by atoms with Crippen molar-refractivity contribution in [3.63, 3.8) is 0 Å². The zero-order valence-electron chi connectivity index (χ0n) is 13.1. The number of nitrogens with zero attached hydrogens (tertiary/aromatic N) is 1. The first-order chi connectivity index (χ1) is 11.5. The first kappa shape index (κ1) is 17.9. The van der Waals surface area contributed by atoms with Crippen LogP contribution in [0, 0.1) is 15.9 Å². The molecule has 0 aliphatic carbocycles. The van der Waals surface area contributed by atoms with Crippen LogP contribution >= 0.6 is 11.8 Å². The number of halogens is 1. The lowest BCUT2D eigenvalue weighted by atomic mass is 10.1. The van der Waals surface area contributed by atoms with Crippen molar-refractivity contribution in [1.29, 1.82) is 0 Å². The van der Waals surface area contributed by atoms with Gasteiger partial charge in [-0.05, 0) is 30.2 Å². The highest BCUT2D eigenvalue weighted by Gasteiger charge is 2.10. The van der Waals surface area contributed by atoms with Gasteiger partial charge in [0, 0.05) is 17.9 Å². The van der Waals surface area contributed by atoms with E-state index in [4.69, 9.17) is 0 Å². The standard InChI is InChI=1S/C17H17FN2O3S/c1-12(14-4-6-15(18)7-5-14)19-17(21)11-24-10-13-2-8-16(9-3-13)20(22)23/h2-9,12H,10-11H2,1H3,(H,19,21)/t12-/m0/s1.